The minimum absolute atomic E-state index is 0.00270. The number of ether oxygens (including phenoxy) is 1. The van der Waals surface area contributed by atoms with Crippen molar-refractivity contribution in [3.05, 3.63) is 57.8 Å². The molecule has 0 aromatic heterocycles. The first-order valence-electron chi connectivity index (χ1n) is 7.69. The molecule has 1 aliphatic rings. The molecule has 5 nitrogen and oxygen atoms in total. The summed E-state index contributed by atoms with van der Waals surface area (Å²) in [5, 5.41) is 12.0. The molecule has 1 fully saturated rings. The summed E-state index contributed by atoms with van der Waals surface area (Å²) in [4.78, 5) is 23.3. The number of anilines is 1. The highest BCUT2D eigenvalue weighted by molar-refractivity contribution is 9.10. The molecule has 0 aliphatic heterocycles. The number of amides is 1. The van der Waals surface area contributed by atoms with Crippen molar-refractivity contribution in [2.75, 3.05) is 5.32 Å². The van der Waals surface area contributed by atoms with Gasteiger partial charge in [0.15, 0.2) is 0 Å². The number of hydrogen-bond acceptors (Lipinski definition) is 3. The van der Waals surface area contributed by atoms with Crippen LogP contribution in [0.1, 0.15) is 28.8 Å². The van der Waals surface area contributed by atoms with Gasteiger partial charge in [-0.2, -0.15) is 0 Å². The van der Waals surface area contributed by atoms with Crippen molar-refractivity contribution in [2.45, 2.75) is 19.4 Å². The highest BCUT2D eigenvalue weighted by Crippen LogP contribution is 2.31. The van der Waals surface area contributed by atoms with Crippen LogP contribution in [0.2, 0.25) is 0 Å². The standard InChI is InChI=1S/C18H15BrFNO4/c19-14-5-4-12(8-15(14)20)25-9-10-1-6-16(13(7-10)18(23)24)21-17(22)11-2-3-11/h1,4-8,11H,2-3,9H2,(H,21,22)(H,23,24). The third-order valence-electron chi connectivity index (χ3n) is 3.82. The van der Waals surface area contributed by atoms with Crippen LogP contribution in [0.25, 0.3) is 0 Å². The van der Waals surface area contributed by atoms with E-state index in [2.05, 4.69) is 21.2 Å². The van der Waals surface area contributed by atoms with Gasteiger partial charge in [0.05, 0.1) is 15.7 Å². The highest BCUT2D eigenvalue weighted by Gasteiger charge is 2.30. The van der Waals surface area contributed by atoms with Gasteiger partial charge in [0, 0.05) is 12.0 Å². The molecule has 0 atom stereocenters. The largest absolute Gasteiger partial charge is 0.489 e. The first kappa shape index (κ1) is 17.4. The van der Waals surface area contributed by atoms with E-state index in [1.807, 2.05) is 0 Å². The number of rotatable bonds is 6. The number of carboxylic acids is 1. The molecule has 1 amide bonds. The molecule has 0 unspecified atom stereocenters. The van der Waals surface area contributed by atoms with Crippen LogP contribution in [0.4, 0.5) is 10.1 Å². The molecule has 130 valence electrons. The number of carbonyl (C=O) groups excluding carboxylic acids is 1. The molecule has 1 aliphatic carbocycles. The average molecular weight is 408 g/mol. The lowest BCUT2D eigenvalue weighted by Crippen LogP contribution is -2.16. The van der Waals surface area contributed by atoms with Crippen LogP contribution in [-0.2, 0) is 11.4 Å². The summed E-state index contributed by atoms with van der Waals surface area (Å²) in [5.74, 6) is -1.41. The first-order chi connectivity index (χ1) is 11.9. The van der Waals surface area contributed by atoms with Crippen molar-refractivity contribution in [1.29, 1.82) is 0 Å². The Balaban J connectivity index is 1.73. The lowest BCUT2D eigenvalue weighted by molar-refractivity contribution is -0.117. The second-order valence-electron chi connectivity index (χ2n) is 5.81. The Morgan fingerprint density at radius 1 is 1.24 bits per heavy atom. The average Bonchev–Trinajstić information content (AvgIpc) is 3.41. The van der Waals surface area contributed by atoms with Gasteiger partial charge in [0.1, 0.15) is 18.2 Å². The van der Waals surface area contributed by atoms with Gasteiger partial charge in [-0.05, 0) is 58.6 Å². The molecule has 2 aromatic carbocycles. The summed E-state index contributed by atoms with van der Waals surface area (Å²) in [5.41, 5.74) is 0.866. The van der Waals surface area contributed by atoms with E-state index < -0.39 is 11.8 Å². The number of carboxylic acid groups (broad SMARTS) is 1. The maximum absolute atomic E-state index is 13.5. The summed E-state index contributed by atoms with van der Waals surface area (Å²) < 4.78 is 19.3. The van der Waals surface area contributed by atoms with Crippen molar-refractivity contribution in [2.24, 2.45) is 5.92 Å². The van der Waals surface area contributed by atoms with Gasteiger partial charge in [-0.25, -0.2) is 9.18 Å². The molecular weight excluding hydrogens is 393 g/mol. The number of nitrogens with one attached hydrogen (secondary N) is 1. The fraction of sp³-hybridized carbons (Fsp3) is 0.222. The Morgan fingerprint density at radius 3 is 2.64 bits per heavy atom. The third-order valence-corrected chi connectivity index (χ3v) is 4.46. The zero-order chi connectivity index (χ0) is 18.0. The van der Waals surface area contributed by atoms with Crippen molar-refractivity contribution in [3.63, 3.8) is 0 Å². The van der Waals surface area contributed by atoms with Gasteiger partial charge in [-0.1, -0.05) is 6.07 Å². The molecule has 1 saturated carbocycles. The Bertz CT molecular complexity index is 836. The molecule has 0 spiro atoms. The van der Waals surface area contributed by atoms with E-state index in [9.17, 15) is 19.1 Å². The van der Waals surface area contributed by atoms with Crippen LogP contribution in [0.5, 0.6) is 5.75 Å². The summed E-state index contributed by atoms with van der Waals surface area (Å²) in [7, 11) is 0. The number of carbonyl (C=O) groups is 2. The number of halogens is 2. The van der Waals surface area contributed by atoms with Crippen molar-refractivity contribution in [1.82, 2.24) is 0 Å². The van der Waals surface area contributed by atoms with Crippen LogP contribution in [-0.4, -0.2) is 17.0 Å². The second-order valence-corrected chi connectivity index (χ2v) is 6.67. The van der Waals surface area contributed by atoms with Gasteiger partial charge in [-0.3, -0.25) is 4.79 Å². The van der Waals surface area contributed by atoms with Gasteiger partial charge in [0.2, 0.25) is 5.91 Å². The molecule has 0 heterocycles. The minimum atomic E-state index is -1.14. The number of benzene rings is 2. The molecule has 0 radical (unpaired) electrons. The molecule has 0 saturated heterocycles. The number of aromatic carboxylic acids is 1. The van der Waals surface area contributed by atoms with E-state index in [0.717, 1.165) is 12.8 Å². The first-order valence-corrected chi connectivity index (χ1v) is 8.48. The van der Waals surface area contributed by atoms with Crippen LogP contribution in [0.3, 0.4) is 0 Å². The van der Waals surface area contributed by atoms with Gasteiger partial charge in [-0.15, -0.1) is 0 Å². The Labute approximate surface area is 151 Å². The normalized spacial score (nSPS) is 13.4. The highest BCUT2D eigenvalue weighted by atomic mass is 79.9. The zero-order valence-corrected chi connectivity index (χ0v) is 14.7. The third kappa shape index (κ3) is 4.36. The van der Waals surface area contributed by atoms with Crippen molar-refractivity contribution in [3.8, 4) is 5.75 Å². The fourth-order valence-corrected chi connectivity index (χ4v) is 2.53. The number of hydrogen-bond donors (Lipinski definition) is 2. The van der Waals surface area contributed by atoms with Crippen LogP contribution in [0, 0.1) is 11.7 Å². The topological polar surface area (TPSA) is 75.6 Å². The monoisotopic (exact) mass is 407 g/mol. The van der Waals surface area contributed by atoms with Crippen LogP contribution < -0.4 is 10.1 Å². The molecule has 2 aromatic rings. The van der Waals surface area contributed by atoms with Crippen LogP contribution >= 0.6 is 15.9 Å². The van der Waals surface area contributed by atoms with Crippen molar-refractivity contribution >= 4 is 33.5 Å². The maximum Gasteiger partial charge on any atom is 0.337 e. The molecule has 25 heavy (non-hydrogen) atoms. The molecule has 2 N–H and O–H groups in total. The quantitative estimate of drug-likeness (QED) is 0.751. The van der Waals surface area contributed by atoms with Gasteiger partial charge < -0.3 is 15.2 Å². The Hall–Kier alpha value is -2.41. The summed E-state index contributed by atoms with van der Waals surface area (Å²) in [6, 6.07) is 9.04. The SMILES string of the molecule is O=C(O)c1cc(COc2ccc(Br)c(F)c2)ccc1NC(=O)C1CC1. The summed E-state index contributed by atoms with van der Waals surface area (Å²) >= 11 is 3.06. The Kier molecular flexibility index (Phi) is 5.03. The van der Waals surface area contributed by atoms with Gasteiger partial charge >= 0.3 is 5.97 Å². The van der Waals surface area contributed by atoms with E-state index in [4.69, 9.17) is 4.74 Å². The maximum atomic E-state index is 13.5. The smallest absolute Gasteiger partial charge is 0.337 e. The van der Waals surface area contributed by atoms with Crippen molar-refractivity contribution < 1.29 is 23.8 Å². The fourth-order valence-electron chi connectivity index (χ4n) is 2.28. The van der Waals surface area contributed by atoms with Gasteiger partial charge in [0.25, 0.3) is 0 Å². The molecular formula is C18H15BrFNO4. The molecule has 7 heteroatoms. The lowest BCUT2D eigenvalue weighted by atomic mass is 10.1. The Morgan fingerprint density at radius 2 is 2.00 bits per heavy atom. The summed E-state index contributed by atoms with van der Waals surface area (Å²) in [6.45, 7) is 0.0816. The van der Waals surface area contributed by atoms with E-state index in [1.165, 1.54) is 18.2 Å². The van der Waals surface area contributed by atoms with E-state index in [0.29, 0.717) is 15.8 Å². The lowest BCUT2D eigenvalue weighted by Gasteiger charge is -2.11. The van der Waals surface area contributed by atoms with E-state index in [1.54, 1.807) is 18.2 Å². The van der Waals surface area contributed by atoms with Crippen LogP contribution in [0.15, 0.2) is 40.9 Å². The van der Waals surface area contributed by atoms with E-state index >= 15 is 0 Å². The molecule has 0 bridgehead atoms. The van der Waals surface area contributed by atoms with E-state index in [-0.39, 0.29) is 29.7 Å². The predicted molar refractivity (Wildman–Crippen MR) is 93.2 cm³/mol. The second kappa shape index (κ2) is 7.23. The predicted octanol–water partition coefficient (Wildman–Crippen LogP) is 4.21. The molecule has 3 rings (SSSR count). The minimum Gasteiger partial charge on any atom is -0.489 e. The zero-order valence-electron chi connectivity index (χ0n) is 13.1. The summed E-state index contributed by atoms with van der Waals surface area (Å²) in [6.07, 6.45) is 1.67.